The van der Waals surface area contributed by atoms with Crippen LogP contribution in [0.5, 0.6) is 0 Å². The summed E-state index contributed by atoms with van der Waals surface area (Å²) in [5.41, 5.74) is 0. The van der Waals surface area contributed by atoms with Crippen molar-refractivity contribution in [3.8, 4) is 0 Å². The molecule has 10 heteroatoms. The van der Waals surface area contributed by atoms with Gasteiger partial charge in [0.2, 0.25) is 5.91 Å². The topological polar surface area (TPSA) is 134 Å². The Morgan fingerprint density at radius 1 is 0.488 bits per heavy atom. The second-order valence-corrected chi connectivity index (χ2v) is 11.0. The smallest absolute Gasteiger partial charge is 0.306 e. The van der Waals surface area contributed by atoms with Crippen molar-refractivity contribution in [3.63, 3.8) is 0 Å². The van der Waals surface area contributed by atoms with E-state index in [0.29, 0.717) is 19.3 Å². The number of amides is 1. The lowest BCUT2D eigenvalue weighted by Crippen LogP contribution is -2.31. The van der Waals surface area contributed by atoms with E-state index in [2.05, 4.69) is 12.2 Å². The van der Waals surface area contributed by atoms with Crippen molar-refractivity contribution >= 4 is 29.8 Å². The first-order valence-corrected chi connectivity index (χ1v) is 16.7. The second-order valence-electron chi connectivity index (χ2n) is 11.0. The van der Waals surface area contributed by atoms with E-state index in [1.54, 1.807) is 0 Å². The third kappa shape index (κ3) is 27.9. The van der Waals surface area contributed by atoms with Crippen LogP contribution >= 0.6 is 0 Å². The van der Waals surface area contributed by atoms with Crippen LogP contribution < -0.4 is 5.32 Å². The van der Waals surface area contributed by atoms with Gasteiger partial charge in [0.25, 0.3) is 0 Å². The van der Waals surface area contributed by atoms with Crippen molar-refractivity contribution in [2.75, 3.05) is 26.4 Å². The number of ether oxygens (including phenoxy) is 4. The summed E-state index contributed by atoms with van der Waals surface area (Å²) in [6.07, 6.45) is 17.0. The Morgan fingerprint density at radius 2 is 0.930 bits per heavy atom. The SMILES string of the molecule is CCCCCCCCCCCCCCCC(=O)NCCOC(=O)CCC(=O)OC(COC(=O)CCC)COC(=O)CCC. The molecule has 0 saturated heterocycles. The Kier molecular flexibility index (Phi) is 27.6. The molecule has 0 unspecified atom stereocenters. The van der Waals surface area contributed by atoms with E-state index in [4.69, 9.17) is 18.9 Å². The number of unbranched alkanes of at least 4 members (excludes halogenated alkanes) is 12. The van der Waals surface area contributed by atoms with Gasteiger partial charge >= 0.3 is 23.9 Å². The standard InChI is InChI=1S/C33H59NO9/c1-4-7-8-9-10-11-12-13-14-15-16-17-18-21-29(35)34-24-25-40-32(38)22-23-33(39)43-28(26-41-30(36)19-5-2)27-42-31(37)20-6-3/h28H,4-27H2,1-3H3,(H,34,35). The minimum Gasteiger partial charge on any atom is -0.464 e. The molecule has 0 saturated carbocycles. The van der Waals surface area contributed by atoms with Crippen molar-refractivity contribution in [1.29, 1.82) is 0 Å². The van der Waals surface area contributed by atoms with Crippen LogP contribution in [0.2, 0.25) is 0 Å². The Balaban J connectivity index is 3.91. The van der Waals surface area contributed by atoms with Gasteiger partial charge < -0.3 is 24.3 Å². The van der Waals surface area contributed by atoms with Crippen LogP contribution in [0.1, 0.15) is 149 Å². The summed E-state index contributed by atoms with van der Waals surface area (Å²) in [6.45, 7) is 5.65. The lowest BCUT2D eigenvalue weighted by atomic mass is 10.0. The van der Waals surface area contributed by atoms with E-state index in [9.17, 15) is 24.0 Å². The van der Waals surface area contributed by atoms with Crippen molar-refractivity contribution < 1.29 is 42.9 Å². The Morgan fingerprint density at radius 3 is 1.42 bits per heavy atom. The van der Waals surface area contributed by atoms with E-state index >= 15 is 0 Å². The minimum atomic E-state index is -0.963. The molecule has 0 aromatic rings. The molecule has 0 bridgehead atoms. The molecule has 10 nitrogen and oxygen atoms in total. The number of esters is 4. The zero-order chi connectivity index (χ0) is 32.0. The highest BCUT2D eigenvalue weighted by molar-refractivity contribution is 5.78. The average molecular weight is 614 g/mol. The van der Waals surface area contributed by atoms with Gasteiger partial charge in [-0.3, -0.25) is 24.0 Å². The van der Waals surface area contributed by atoms with E-state index < -0.39 is 30.0 Å². The van der Waals surface area contributed by atoms with Gasteiger partial charge in [-0.2, -0.15) is 0 Å². The molecule has 0 aliphatic heterocycles. The van der Waals surface area contributed by atoms with E-state index in [1.807, 2.05) is 13.8 Å². The number of carbonyl (C=O) groups is 5. The van der Waals surface area contributed by atoms with Crippen LogP contribution in [0.15, 0.2) is 0 Å². The van der Waals surface area contributed by atoms with Gasteiger partial charge in [0.05, 0.1) is 19.4 Å². The van der Waals surface area contributed by atoms with Crippen LogP contribution in [-0.2, 0) is 42.9 Å². The molecule has 1 amide bonds. The van der Waals surface area contributed by atoms with Gasteiger partial charge in [-0.1, -0.05) is 97.8 Å². The summed E-state index contributed by atoms with van der Waals surface area (Å²) in [5, 5.41) is 2.75. The molecule has 0 aliphatic carbocycles. The highest BCUT2D eigenvalue weighted by Crippen LogP contribution is 2.13. The van der Waals surface area contributed by atoms with Crippen LogP contribution in [0.4, 0.5) is 0 Å². The predicted octanol–water partition coefficient (Wildman–Crippen LogP) is 6.51. The molecule has 0 rings (SSSR count). The Hall–Kier alpha value is -2.65. The fourth-order valence-electron chi connectivity index (χ4n) is 4.31. The van der Waals surface area contributed by atoms with Gasteiger partial charge in [0.1, 0.15) is 19.8 Å². The number of carbonyl (C=O) groups excluding carboxylic acids is 5. The predicted molar refractivity (Wildman–Crippen MR) is 165 cm³/mol. The maximum absolute atomic E-state index is 12.2. The molecule has 0 fully saturated rings. The molecule has 0 heterocycles. The fourth-order valence-corrected chi connectivity index (χ4v) is 4.31. The van der Waals surface area contributed by atoms with Crippen LogP contribution in [0, 0.1) is 0 Å². The number of rotatable bonds is 29. The zero-order valence-electron chi connectivity index (χ0n) is 27.2. The summed E-state index contributed by atoms with van der Waals surface area (Å²) < 4.78 is 20.5. The molecule has 0 aromatic carbocycles. The molecule has 43 heavy (non-hydrogen) atoms. The average Bonchev–Trinajstić information content (AvgIpc) is 2.98. The first-order valence-electron chi connectivity index (χ1n) is 16.7. The van der Waals surface area contributed by atoms with Gasteiger partial charge in [0.15, 0.2) is 6.10 Å². The summed E-state index contributed by atoms with van der Waals surface area (Å²) in [7, 11) is 0. The van der Waals surface area contributed by atoms with Gasteiger partial charge in [0, 0.05) is 19.3 Å². The minimum absolute atomic E-state index is 0.0155. The fraction of sp³-hybridized carbons (Fsp3) is 0.848. The van der Waals surface area contributed by atoms with Crippen LogP contribution in [-0.4, -0.2) is 62.3 Å². The molecule has 1 N–H and O–H groups in total. The van der Waals surface area contributed by atoms with Gasteiger partial charge in [-0.25, -0.2) is 0 Å². The maximum atomic E-state index is 12.2. The van der Waals surface area contributed by atoms with Gasteiger partial charge in [-0.05, 0) is 19.3 Å². The molecular formula is C33H59NO9. The monoisotopic (exact) mass is 613 g/mol. The van der Waals surface area contributed by atoms with Gasteiger partial charge in [-0.15, -0.1) is 0 Å². The summed E-state index contributed by atoms with van der Waals surface area (Å²) in [6, 6.07) is 0. The molecule has 0 aromatic heterocycles. The van der Waals surface area contributed by atoms with E-state index in [-0.39, 0.29) is 58.0 Å². The summed E-state index contributed by atoms with van der Waals surface area (Å²) >= 11 is 0. The van der Waals surface area contributed by atoms with E-state index in [0.717, 1.165) is 19.3 Å². The van der Waals surface area contributed by atoms with Crippen molar-refractivity contribution in [1.82, 2.24) is 5.32 Å². The highest BCUT2D eigenvalue weighted by Gasteiger charge is 2.20. The Labute approximate surface area is 259 Å². The quantitative estimate of drug-likeness (QED) is 0.0569. The molecule has 0 spiro atoms. The van der Waals surface area contributed by atoms with Crippen molar-refractivity contribution in [2.45, 2.75) is 155 Å². The number of nitrogens with one attached hydrogen (secondary N) is 1. The molecule has 0 aliphatic rings. The number of hydrogen-bond donors (Lipinski definition) is 1. The molecule has 0 atom stereocenters. The maximum Gasteiger partial charge on any atom is 0.306 e. The molecular weight excluding hydrogens is 554 g/mol. The third-order valence-electron chi connectivity index (χ3n) is 6.79. The largest absolute Gasteiger partial charge is 0.464 e. The van der Waals surface area contributed by atoms with Crippen LogP contribution in [0.3, 0.4) is 0 Å². The molecule has 250 valence electrons. The normalized spacial score (nSPS) is 10.8. The highest BCUT2D eigenvalue weighted by atomic mass is 16.6. The zero-order valence-corrected chi connectivity index (χ0v) is 27.2. The van der Waals surface area contributed by atoms with Crippen molar-refractivity contribution in [3.05, 3.63) is 0 Å². The molecule has 0 radical (unpaired) electrons. The second kappa shape index (κ2) is 29.4. The van der Waals surface area contributed by atoms with E-state index in [1.165, 1.54) is 64.2 Å². The summed E-state index contributed by atoms with van der Waals surface area (Å²) in [5.74, 6) is -2.24. The lowest BCUT2D eigenvalue weighted by Gasteiger charge is -2.18. The first-order chi connectivity index (χ1) is 20.8. The summed E-state index contributed by atoms with van der Waals surface area (Å²) in [4.78, 5) is 59.5. The van der Waals surface area contributed by atoms with Crippen LogP contribution in [0.25, 0.3) is 0 Å². The lowest BCUT2D eigenvalue weighted by molar-refractivity contribution is -0.167. The first kappa shape index (κ1) is 40.4. The Bertz CT molecular complexity index is 735. The third-order valence-corrected chi connectivity index (χ3v) is 6.79. The van der Waals surface area contributed by atoms with Crippen molar-refractivity contribution in [2.24, 2.45) is 0 Å². The number of hydrogen-bond acceptors (Lipinski definition) is 9.